The van der Waals surface area contributed by atoms with Crippen LogP contribution in [0.2, 0.25) is 0 Å². The molecule has 0 radical (unpaired) electrons. The molecule has 0 saturated carbocycles. The summed E-state index contributed by atoms with van der Waals surface area (Å²) in [7, 11) is 2.17. The molecule has 118 valence electrons. The highest BCUT2D eigenvalue weighted by Gasteiger charge is 2.24. The van der Waals surface area contributed by atoms with Gasteiger partial charge in [0.2, 0.25) is 0 Å². The summed E-state index contributed by atoms with van der Waals surface area (Å²) < 4.78 is 5.42. The zero-order valence-corrected chi connectivity index (χ0v) is 13.8. The molecule has 5 nitrogen and oxygen atoms in total. The monoisotopic (exact) mass is 292 g/mol. The molecule has 0 atom stereocenters. The minimum absolute atomic E-state index is 0.258. The van der Waals surface area contributed by atoms with Gasteiger partial charge in [0.25, 0.3) is 0 Å². The van der Waals surface area contributed by atoms with Crippen molar-refractivity contribution >= 4 is 0 Å². The fourth-order valence-electron chi connectivity index (χ4n) is 3.07. The van der Waals surface area contributed by atoms with Gasteiger partial charge in [-0.15, -0.1) is 0 Å². The van der Waals surface area contributed by atoms with Crippen LogP contribution in [0, 0.1) is 12.3 Å². The van der Waals surface area contributed by atoms with Crippen LogP contribution in [0.5, 0.6) is 0 Å². The predicted molar refractivity (Wildman–Crippen MR) is 84.1 cm³/mol. The maximum Gasteiger partial charge on any atom is 0.115 e. The first-order chi connectivity index (χ1) is 9.94. The van der Waals surface area contributed by atoms with Gasteiger partial charge in [0.1, 0.15) is 6.33 Å². The summed E-state index contributed by atoms with van der Waals surface area (Å²) in [6.07, 6.45) is 1.65. The third-order valence-corrected chi connectivity index (χ3v) is 3.75. The molecule has 1 aliphatic heterocycles. The molecule has 1 aromatic rings. The first-order valence-electron chi connectivity index (χ1n) is 7.71. The normalized spacial score (nSPS) is 17.4. The Labute approximate surface area is 128 Å². The van der Waals surface area contributed by atoms with E-state index in [-0.39, 0.29) is 5.41 Å². The quantitative estimate of drug-likeness (QED) is 0.796. The van der Waals surface area contributed by atoms with Gasteiger partial charge < -0.3 is 4.74 Å². The van der Waals surface area contributed by atoms with E-state index in [0.717, 1.165) is 57.3 Å². The Kier molecular flexibility index (Phi) is 5.67. The van der Waals surface area contributed by atoms with E-state index in [1.807, 2.05) is 6.92 Å². The van der Waals surface area contributed by atoms with Gasteiger partial charge >= 0.3 is 0 Å². The molecule has 0 amide bonds. The largest absolute Gasteiger partial charge is 0.379 e. The van der Waals surface area contributed by atoms with Crippen LogP contribution in [0.3, 0.4) is 0 Å². The molecular formula is C16H28N4O. The van der Waals surface area contributed by atoms with E-state index >= 15 is 0 Å². The Morgan fingerprint density at radius 3 is 2.67 bits per heavy atom. The Balaban J connectivity index is 1.83. The first-order valence-corrected chi connectivity index (χ1v) is 7.71. The summed E-state index contributed by atoms with van der Waals surface area (Å²) in [6, 6.07) is 2.06. The molecule has 0 unspecified atom stereocenters. The van der Waals surface area contributed by atoms with Crippen molar-refractivity contribution in [2.24, 2.45) is 5.41 Å². The molecule has 1 aromatic heterocycles. The van der Waals surface area contributed by atoms with E-state index in [1.54, 1.807) is 6.33 Å². The highest BCUT2D eigenvalue weighted by molar-refractivity contribution is 5.06. The minimum atomic E-state index is 0.258. The lowest BCUT2D eigenvalue weighted by Crippen LogP contribution is -2.45. The Bertz CT molecular complexity index is 444. The van der Waals surface area contributed by atoms with E-state index < -0.39 is 0 Å². The number of hydrogen-bond acceptors (Lipinski definition) is 5. The fourth-order valence-corrected chi connectivity index (χ4v) is 3.07. The number of ether oxygens (including phenoxy) is 1. The van der Waals surface area contributed by atoms with E-state index in [9.17, 15) is 0 Å². The van der Waals surface area contributed by atoms with Crippen molar-refractivity contribution in [2.75, 3.05) is 46.4 Å². The molecule has 2 rings (SSSR count). The summed E-state index contributed by atoms with van der Waals surface area (Å²) in [5, 5.41) is 0. The summed E-state index contributed by atoms with van der Waals surface area (Å²) in [4.78, 5) is 13.4. The number of aromatic nitrogens is 2. The van der Waals surface area contributed by atoms with Crippen molar-refractivity contribution < 1.29 is 4.74 Å². The summed E-state index contributed by atoms with van der Waals surface area (Å²) in [6.45, 7) is 13.6. The topological polar surface area (TPSA) is 41.5 Å². The van der Waals surface area contributed by atoms with Crippen LogP contribution in [0.15, 0.2) is 12.4 Å². The number of nitrogens with zero attached hydrogens (tertiary/aromatic N) is 4. The first kappa shape index (κ1) is 16.3. The average Bonchev–Trinajstić information content (AvgIpc) is 2.38. The summed E-state index contributed by atoms with van der Waals surface area (Å²) in [5.41, 5.74) is 2.38. The second-order valence-electron chi connectivity index (χ2n) is 6.88. The molecule has 2 heterocycles. The van der Waals surface area contributed by atoms with Crippen molar-refractivity contribution in [1.82, 2.24) is 19.8 Å². The summed E-state index contributed by atoms with van der Waals surface area (Å²) in [5.74, 6) is 0. The lowest BCUT2D eigenvalue weighted by atomic mass is 9.91. The second-order valence-corrected chi connectivity index (χ2v) is 6.88. The van der Waals surface area contributed by atoms with Gasteiger partial charge in [-0.2, -0.15) is 0 Å². The van der Waals surface area contributed by atoms with E-state index in [1.165, 1.54) is 0 Å². The van der Waals surface area contributed by atoms with Crippen LogP contribution in [0.1, 0.15) is 25.2 Å². The molecule has 0 N–H and O–H groups in total. The Morgan fingerprint density at radius 2 is 2.00 bits per heavy atom. The molecule has 0 bridgehead atoms. The third-order valence-electron chi connectivity index (χ3n) is 3.75. The van der Waals surface area contributed by atoms with Crippen LogP contribution in [0.25, 0.3) is 0 Å². The van der Waals surface area contributed by atoms with Gasteiger partial charge in [0.05, 0.1) is 18.9 Å². The predicted octanol–water partition coefficient (Wildman–Crippen LogP) is 1.58. The zero-order valence-electron chi connectivity index (χ0n) is 13.8. The van der Waals surface area contributed by atoms with Crippen LogP contribution in [0.4, 0.5) is 0 Å². The number of morpholine rings is 1. The maximum absolute atomic E-state index is 5.42. The second kappa shape index (κ2) is 7.29. The third kappa shape index (κ3) is 5.69. The molecule has 1 saturated heterocycles. The lowest BCUT2D eigenvalue weighted by molar-refractivity contribution is 0.0160. The molecule has 0 aromatic carbocycles. The highest BCUT2D eigenvalue weighted by Crippen LogP contribution is 2.20. The summed E-state index contributed by atoms with van der Waals surface area (Å²) >= 11 is 0. The smallest absolute Gasteiger partial charge is 0.115 e. The molecule has 0 aliphatic carbocycles. The molecule has 1 fully saturated rings. The molecular weight excluding hydrogens is 264 g/mol. The molecule has 0 spiro atoms. The van der Waals surface area contributed by atoms with E-state index in [4.69, 9.17) is 4.74 Å². The van der Waals surface area contributed by atoms with Crippen molar-refractivity contribution in [3.8, 4) is 0 Å². The fraction of sp³-hybridized carbons (Fsp3) is 0.750. The minimum Gasteiger partial charge on any atom is -0.379 e. The standard InChI is InChI=1S/C16H28N4O/c1-14-9-15(18-13-17-14)10-19(4)11-16(2,3)12-20-5-7-21-8-6-20/h9,13H,5-8,10-12H2,1-4H3. The van der Waals surface area contributed by atoms with Crippen LogP contribution < -0.4 is 0 Å². The van der Waals surface area contributed by atoms with Crippen molar-refractivity contribution in [3.05, 3.63) is 23.8 Å². The van der Waals surface area contributed by atoms with Gasteiger partial charge in [-0.1, -0.05) is 13.8 Å². The van der Waals surface area contributed by atoms with Crippen molar-refractivity contribution in [2.45, 2.75) is 27.3 Å². The van der Waals surface area contributed by atoms with Gasteiger partial charge in [-0.25, -0.2) is 9.97 Å². The van der Waals surface area contributed by atoms with Gasteiger partial charge in [0, 0.05) is 38.4 Å². The number of hydrogen-bond donors (Lipinski definition) is 0. The molecule has 5 heteroatoms. The SMILES string of the molecule is Cc1cc(CN(C)CC(C)(C)CN2CCOCC2)ncn1. The van der Waals surface area contributed by atoms with E-state index in [2.05, 4.69) is 46.7 Å². The van der Waals surface area contributed by atoms with E-state index in [0.29, 0.717) is 0 Å². The lowest BCUT2D eigenvalue weighted by Gasteiger charge is -2.37. The van der Waals surface area contributed by atoms with Crippen molar-refractivity contribution in [1.29, 1.82) is 0 Å². The van der Waals surface area contributed by atoms with Crippen LogP contribution in [-0.4, -0.2) is 66.2 Å². The maximum atomic E-state index is 5.42. The average molecular weight is 292 g/mol. The highest BCUT2D eigenvalue weighted by atomic mass is 16.5. The molecule has 21 heavy (non-hydrogen) atoms. The van der Waals surface area contributed by atoms with Crippen LogP contribution in [-0.2, 0) is 11.3 Å². The van der Waals surface area contributed by atoms with Crippen molar-refractivity contribution in [3.63, 3.8) is 0 Å². The van der Waals surface area contributed by atoms with Gasteiger partial charge in [-0.05, 0) is 25.5 Å². The molecule has 1 aliphatic rings. The Morgan fingerprint density at radius 1 is 1.29 bits per heavy atom. The zero-order chi connectivity index (χ0) is 15.3. The number of rotatable bonds is 6. The Hall–Kier alpha value is -1.04. The number of aryl methyl sites for hydroxylation is 1. The van der Waals surface area contributed by atoms with Gasteiger partial charge in [-0.3, -0.25) is 9.80 Å². The van der Waals surface area contributed by atoms with Gasteiger partial charge in [0.15, 0.2) is 0 Å². The van der Waals surface area contributed by atoms with Crippen LogP contribution >= 0.6 is 0 Å².